The number of hydrogen-bond acceptors (Lipinski definition) is 2. The highest BCUT2D eigenvalue weighted by Crippen LogP contribution is 2.15. The molecule has 2 rings (SSSR count). The standard InChI is InChI=1S/C14H17N3O/c1-16(2)13-7-5-12(6-8-13)15-14(18)11-17-9-3-4-10-17/h3-10H,11H2,1-2H3,(H,15,18). The van der Waals surface area contributed by atoms with E-state index >= 15 is 0 Å². The summed E-state index contributed by atoms with van der Waals surface area (Å²) >= 11 is 0. The Morgan fingerprint density at radius 3 is 2.33 bits per heavy atom. The number of benzene rings is 1. The molecule has 0 saturated carbocycles. The first-order valence-electron chi connectivity index (χ1n) is 5.83. The minimum absolute atomic E-state index is 0.0243. The number of carbonyl (C=O) groups excluding carboxylic acids is 1. The third-order valence-electron chi connectivity index (χ3n) is 2.66. The van der Waals surface area contributed by atoms with Gasteiger partial charge in [0.2, 0.25) is 5.91 Å². The van der Waals surface area contributed by atoms with E-state index in [4.69, 9.17) is 0 Å². The van der Waals surface area contributed by atoms with E-state index < -0.39 is 0 Å². The van der Waals surface area contributed by atoms with Crippen molar-refractivity contribution in [3.63, 3.8) is 0 Å². The Morgan fingerprint density at radius 1 is 1.17 bits per heavy atom. The molecular weight excluding hydrogens is 226 g/mol. The van der Waals surface area contributed by atoms with E-state index in [-0.39, 0.29) is 5.91 Å². The normalized spacial score (nSPS) is 10.1. The van der Waals surface area contributed by atoms with Crippen molar-refractivity contribution in [3.8, 4) is 0 Å². The van der Waals surface area contributed by atoms with Gasteiger partial charge < -0.3 is 14.8 Å². The summed E-state index contributed by atoms with van der Waals surface area (Å²) in [5, 5.41) is 2.87. The van der Waals surface area contributed by atoms with Crippen LogP contribution in [0.2, 0.25) is 0 Å². The molecule has 4 heteroatoms. The van der Waals surface area contributed by atoms with Gasteiger partial charge in [-0.1, -0.05) is 0 Å². The van der Waals surface area contributed by atoms with E-state index in [1.54, 1.807) is 0 Å². The smallest absolute Gasteiger partial charge is 0.244 e. The molecule has 2 aromatic rings. The highest BCUT2D eigenvalue weighted by Gasteiger charge is 2.03. The summed E-state index contributed by atoms with van der Waals surface area (Å²) in [5.74, 6) is -0.0243. The number of carbonyl (C=O) groups is 1. The average molecular weight is 243 g/mol. The molecule has 18 heavy (non-hydrogen) atoms. The lowest BCUT2D eigenvalue weighted by molar-refractivity contribution is -0.116. The third kappa shape index (κ3) is 3.13. The van der Waals surface area contributed by atoms with Gasteiger partial charge in [0.25, 0.3) is 0 Å². The molecule has 1 aromatic carbocycles. The van der Waals surface area contributed by atoms with Gasteiger partial charge in [0.15, 0.2) is 0 Å². The van der Waals surface area contributed by atoms with Gasteiger partial charge in [-0.15, -0.1) is 0 Å². The molecule has 0 saturated heterocycles. The van der Waals surface area contributed by atoms with Crippen LogP contribution >= 0.6 is 0 Å². The summed E-state index contributed by atoms with van der Waals surface area (Å²) in [6.07, 6.45) is 3.74. The Hall–Kier alpha value is -2.23. The second kappa shape index (κ2) is 5.40. The summed E-state index contributed by atoms with van der Waals surface area (Å²) < 4.78 is 1.84. The van der Waals surface area contributed by atoms with Gasteiger partial charge in [-0.2, -0.15) is 0 Å². The van der Waals surface area contributed by atoms with Crippen LogP contribution in [0, 0.1) is 0 Å². The van der Waals surface area contributed by atoms with Crippen LogP contribution in [0.15, 0.2) is 48.8 Å². The van der Waals surface area contributed by atoms with Gasteiger partial charge in [-0.25, -0.2) is 0 Å². The number of hydrogen-bond donors (Lipinski definition) is 1. The van der Waals surface area contributed by atoms with Gasteiger partial charge in [0, 0.05) is 37.9 Å². The second-order valence-corrected chi connectivity index (χ2v) is 4.34. The minimum Gasteiger partial charge on any atom is -0.378 e. The Kier molecular flexibility index (Phi) is 3.67. The van der Waals surface area contributed by atoms with Crippen LogP contribution in [0.1, 0.15) is 0 Å². The predicted molar refractivity (Wildman–Crippen MR) is 73.8 cm³/mol. The minimum atomic E-state index is -0.0243. The molecule has 0 unspecified atom stereocenters. The zero-order valence-corrected chi connectivity index (χ0v) is 10.6. The van der Waals surface area contributed by atoms with E-state index in [0.29, 0.717) is 6.54 Å². The van der Waals surface area contributed by atoms with Crippen LogP contribution in [-0.4, -0.2) is 24.6 Å². The van der Waals surface area contributed by atoms with E-state index in [2.05, 4.69) is 5.32 Å². The number of amides is 1. The summed E-state index contributed by atoms with van der Waals surface area (Å²) in [5.41, 5.74) is 1.93. The molecule has 4 nitrogen and oxygen atoms in total. The topological polar surface area (TPSA) is 37.3 Å². The maximum atomic E-state index is 11.8. The summed E-state index contributed by atoms with van der Waals surface area (Å²) in [6.45, 7) is 0.336. The van der Waals surface area contributed by atoms with Crippen molar-refractivity contribution < 1.29 is 4.79 Å². The van der Waals surface area contributed by atoms with Gasteiger partial charge in [0.05, 0.1) is 0 Å². The van der Waals surface area contributed by atoms with E-state index in [0.717, 1.165) is 11.4 Å². The second-order valence-electron chi connectivity index (χ2n) is 4.34. The Labute approximate surface area is 107 Å². The van der Waals surface area contributed by atoms with Crippen molar-refractivity contribution in [1.29, 1.82) is 0 Å². The van der Waals surface area contributed by atoms with Crippen molar-refractivity contribution in [3.05, 3.63) is 48.8 Å². The third-order valence-corrected chi connectivity index (χ3v) is 2.66. The summed E-state index contributed by atoms with van der Waals surface area (Å²) in [6, 6.07) is 11.6. The molecule has 1 aromatic heterocycles. The molecule has 1 N–H and O–H groups in total. The lowest BCUT2D eigenvalue weighted by Crippen LogP contribution is -2.17. The monoisotopic (exact) mass is 243 g/mol. The van der Waals surface area contributed by atoms with Gasteiger partial charge in [-0.05, 0) is 36.4 Å². The van der Waals surface area contributed by atoms with Crippen molar-refractivity contribution in [1.82, 2.24) is 4.57 Å². The molecule has 1 amide bonds. The van der Waals surface area contributed by atoms with Gasteiger partial charge in [0.1, 0.15) is 6.54 Å². The fourth-order valence-electron chi connectivity index (χ4n) is 1.68. The van der Waals surface area contributed by atoms with E-state index in [1.807, 2.05) is 72.4 Å². The highest BCUT2D eigenvalue weighted by atomic mass is 16.1. The Morgan fingerprint density at radius 2 is 1.78 bits per heavy atom. The molecule has 0 spiro atoms. The first-order chi connectivity index (χ1) is 8.65. The maximum Gasteiger partial charge on any atom is 0.244 e. The van der Waals surface area contributed by atoms with Gasteiger partial charge >= 0.3 is 0 Å². The predicted octanol–water partition coefficient (Wildman–Crippen LogP) is 2.19. The van der Waals surface area contributed by atoms with E-state index in [1.165, 1.54) is 0 Å². The van der Waals surface area contributed by atoms with Crippen LogP contribution in [0.5, 0.6) is 0 Å². The van der Waals surface area contributed by atoms with Crippen LogP contribution in [0.3, 0.4) is 0 Å². The van der Waals surface area contributed by atoms with Crippen molar-refractivity contribution in [2.24, 2.45) is 0 Å². The molecule has 0 aliphatic rings. The quantitative estimate of drug-likeness (QED) is 0.893. The maximum absolute atomic E-state index is 11.8. The molecular formula is C14H17N3O. The largest absolute Gasteiger partial charge is 0.378 e. The number of nitrogens with one attached hydrogen (secondary N) is 1. The fraction of sp³-hybridized carbons (Fsp3) is 0.214. The summed E-state index contributed by atoms with van der Waals surface area (Å²) in [7, 11) is 3.97. The highest BCUT2D eigenvalue weighted by molar-refractivity contribution is 5.90. The molecule has 0 atom stereocenters. The Balaban J connectivity index is 1.95. The molecule has 0 aliphatic carbocycles. The lowest BCUT2D eigenvalue weighted by atomic mass is 10.2. The van der Waals surface area contributed by atoms with Gasteiger partial charge in [-0.3, -0.25) is 4.79 Å². The zero-order chi connectivity index (χ0) is 13.0. The SMILES string of the molecule is CN(C)c1ccc(NC(=O)Cn2cccc2)cc1. The first kappa shape index (κ1) is 12.2. The van der Waals surface area contributed by atoms with Crippen LogP contribution in [0.4, 0.5) is 11.4 Å². The number of rotatable bonds is 4. The van der Waals surface area contributed by atoms with Crippen molar-refractivity contribution in [2.45, 2.75) is 6.54 Å². The molecule has 0 bridgehead atoms. The first-order valence-corrected chi connectivity index (χ1v) is 5.83. The number of nitrogens with zero attached hydrogens (tertiary/aromatic N) is 2. The molecule has 1 heterocycles. The molecule has 0 fully saturated rings. The van der Waals surface area contributed by atoms with Crippen molar-refractivity contribution in [2.75, 3.05) is 24.3 Å². The van der Waals surface area contributed by atoms with Crippen molar-refractivity contribution >= 4 is 17.3 Å². The fourth-order valence-corrected chi connectivity index (χ4v) is 1.68. The van der Waals surface area contributed by atoms with E-state index in [9.17, 15) is 4.79 Å². The average Bonchev–Trinajstić information content (AvgIpc) is 2.82. The number of aromatic nitrogens is 1. The summed E-state index contributed by atoms with van der Waals surface area (Å²) in [4.78, 5) is 13.8. The lowest BCUT2D eigenvalue weighted by Gasteiger charge is -2.13. The van der Waals surface area contributed by atoms with Crippen LogP contribution in [0.25, 0.3) is 0 Å². The zero-order valence-electron chi connectivity index (χ0n) is 10.6. The molecule has 0 radical (unpaired) electrons. The molecule has 94 valence electrons. The number of anilines is 2. The Bertz CT molecular complexity index is 500. The van der Waals surface area contributed by atoms with Crippen LogP contribution in [-0.2, 0) is 11.3 Å². The van der Waals surface area contributed by atoms with Crippen LogP contribution < -0.4 is 10.2 Å². The molecule has 0 aliphatic heterocycles.